The zero-order chi connectivity index (χ0) is 16.3. The highest BCUT2D eigenvalue weighted by molar-refractivity contribution is 5.95. The lowest BCUT2D eigenvalue weighted by molar-refractivity contribution is -0.139. The maximum absolute atomic E-state index is 12.2. The van der Waals surface area contributed by atoms with Crippen molar-refractivity contribution < 1.29 is 19.4 Å². The van der Waals surface area contributed by atoms with Crippen LogP contribution in [-0.4, -0.2) is 23.7 Å². The highest BCUT2D eigenvalue weighted by Gasteiger charge is 2.30. The minimum atomic E-state index is -1.06. The van der Waals surface area contributed by atoms with Crippen LogP contribution in [-0.2, 0) is 14.3 Å². The molecule has 0 saturated heterocycles. The Labute approximate surface area is 129 Å². The van der Waals surface area contributed by atoms with Crippen LogP contribution < -0.4 is 5.32 Å². The summed E-state index contributed by atoms with van der Waals surface area (Å²) in [5.74, 6) is -1.93. The number of nitrogens with one attached hydrogen (secondary N) is 1. The summed E-state index contributed by atoms with van der Waals surface area (Å²) >= 11 is 0. The van der Waals surface area contributed by atoms with Gasteiger partial charge in [0.1, 0.15) is 5.70 Å². The van der Waals surface area contributed by atoms with Gasteiger partial charge in [-0.15, -0.1) is 0 Å². The van der Waals surface area contributed by atoms with E-state index < -0.39 is 17.9 Å². The third-order valence-electron chi connectivity index (χ3n) is 3.53. The maximum atomic E-state index is 12.2. The fourth-order valence-electron chi connectivity index (χ4n) is 2.44. The number of rotatable bonds is 4. The third kappa shape index (κ3) is 3.19. The summed E-state index contributed by atoms with van der Waals surface area (Å²) in [5.41, 5.74) is 2.96. The molecule has 1 aliphatic heterocycles. The van der Waals surface area contributed by atoms with Crippen LogP contribution >= 0.6 is 0 Å². The summed E-state index contributed by atoms with van der Waals surface area (Å²) in [6, 6.07) is 7.66. The summed E-state index contributed by atoms with van der Waals surface area (Å²) < 4.78 is 5.11. The van der Waals surface area contributed by atoms with E-state index in [2.05, 4.69) is 5.32 Å². The van der Waals surface area contributed by atoms with E-state index in [4.69, 9.17) is 4.74 Å². The second kappa shape index (κ2) is 6.47. The van der Waals surface area contributed by atoms with E-state index in [1.807, 2.05) is 31.2 Å². The Balaban J connectivity index is 2.49. The van der Waals surface area contributed by atoms with E-state index in [0.29, 0.717) is 11.3 Å². The number of hydrogen-bond acceptors (Lipinski definition) is 4. The van der Waals surface area contributed by atoms with Crippen molar-refractivity contribution in [2.45, 2.75) is 26.7 Å². The lowest BCUT2D eigenvalue weighted by atomic mass is 9.86. The fourth-order valence-corrected chi connectivity index (χ4v) is 2.44. The molecule has 0 aliphatic carbocycles. The van der Waals surface area contributed by atoms with Crippen LogP contribution in [0.5, 0.6) is 0 Å². The molecule has 0 spiro atoms. The molecule has 1 aromatic rings. The first-order chi connectivity index (χ1) is 10.4. The van der Waals surface area contributed by atoms with Crippen molar-refractivity contribution in [3.8, 4) is 0 Å². The standard InChI is InChI=1S/C17H19NO4/c1-4-22-17(21)15-11(3)18-14(16(19)20)9-13(15)12-7-5-10(2)6-8-12/h5-9,13,18H,4H2,1-3H3,(H,19,20)/t13-/m0/s1. The van der Waals surface area contributed by atoms with Crippen molar-refractivity contribution in [3.63, 3.8) is 0 Å². The average Bonchev–Trinajstić information content (AvgIpc) is 2.47. The van der Waals surface area contributed by atoms with Crippen LogP contribution in [0.25, 0.3) is 0 Å². The summed E-state index contributed by atoms with van der Waals surface area (Å²) in [7, 11) is 0. The van der Waals surface area contributed by atoms with Gasteiger partial charge in [0.05, 0.1) is 12.2 Å². The van der Waals surface area contributed by atoms with Crippen molar-refractivity contribution in [1.29, 1.82) is 0 Å². The largest absolute Gasteiger partial charge is 0.477 e. The predicted molar refractivity (Wildman–Crippen MR) is 82.1 cm³/mol. The van der Waals surface area contributed by atoms with Gasteiger partial charge in [-0.05, 0) is 32.4 Å². The second-order valence-electron chi connectivity index (χ2n) is 5.16. The first-order valence-electron chi connectivity index (χ1n) is 7.10. The summed E-state index contributed by atoms with van der Waals surface area (Å²) in [6.45, 7) is 5.66. The molecule has 0 radical (unpaired) electrons. The minimum Gasteiger partial charge on any atom is -0.477 e. The zero-order valence-electron chi connectivity index (χ0n) is 12.8. The smallest absolute Gasteiger partial charge is 0.351 e. The molecule has 2 N–H and O–H groups in total. The Hall–Kier alpha value is -2.56. The fraction of sp³-hybridized carbons (Fsp3) is 0.294. The van der Waals surface area contributed by atoms with Crippen LogP contribution in [0.3, 0.4) is 0 Å². The minimum absolute atomic E-state index is 0.0659. The number of dihydropyridines is 1. The number of esters is 1. The molecule has 1 atom stereocenters. The summed E-state index contributed by atoms with van der Waals surface area (Å²) in [5, 5.41) is 12.0. The zero-order valence-corrected chi connectivity index (χ0v) is 12.8. The van der Waals surface area contributed by atoms with Gasteiger partial charge in [-0.3, -0.25) is 0 Å². The van der Waals surface area contributed by atoms with Crippen LogP contribution in [0.15, 0.2) is 47.3 Å². The van der Waals surface area contributed by atoms with Crippen molar-refractivity contribution in [2.24, 2.45) is 0 Å². The van der Waals surface area contributed by atoms with Gasteiger partial charge in [-0.25, -0.2) is 9.59 Å². The summed E-state index contributed by atoms with van der Waals surface area (Å²) in [6.07, 6.45) is 1.55. The van der Waals surface area contributed by atoms with Crippen LogP contribution in [0.2, 0.25) is 0 Å². The molecule has 116 valence electrons. The monoisotopic (exact) mass is 301 g/mol. The Morgan fingerprint density at radius 3 is 2.41 bits per heavy atom. The molecule has 0 amide bonds. The molecule has 0 bridgehead atoms. The van der Waals surface area contributed by atoms with E-state index >= 15 is 0 Å². The number of allylic oxidation sites excluding steroid dienone is 2. The molecule has 5 heteroatoms. The first kappa shape index (κ1) is 15.8. The molecule has 1 heterocycles. The van der Waals surface area contributed by atoms with Gasteiger partial charge < -0.3 is 15.2 Å². The number of benzene rings is 1. The second-order valence-corrected chi connectivity index (χ2v) is 5.16. The van der Waals surface area contributed by atoms with Gasteiger partial charge >= 0.3 is 11.9 Å². The van der Waals surface area contributed by atoms with E-state index in [1.165, 1.54) is 0 Å². The van der Waals surface area contributed by atoms with Crippen molar-refractivity contribution in [1.82, 2.24) is 5.32 Å². The van der Waals surface area contributed by atoms with E-state index in [9.17, 15) is 14.7 Å². The molecular formula is C17H19NO4. The predicted octanol–water partition coefficient (Wildman–Crippen LogP) is 2.49. The third-order valence-corrected chi connectivity index (χ3v) is 3.53. The molecule has 22 heavy (non-hydrogen) atoms. The average molecular weight is 301 g/mol. The number of carbonyl (C=O) groups excluding carboxylic acids is 1. The van der Waals surface area contributed by atoms with E-state index in [0.717, 1.165) is 11.1 Å². The first-order valence-corrected chi connectivity index (χ1v) is 7.10. The molecule has 5 nitrogen and oxygen atoms in total. The van der Waals surface area contributed by atoms with Gasteiger partial charge in [0.25, 0.3) is 0 Å². The quantitative estimate of drug-likeness (QED) is 0.836. The number of carboxylic acids is 1. The normalized spacial score (nSPS) is 17.6. The molecular weight excluding hydrogens is 282 g/mol. The van der Waals surface area contributed by atoms with Gasteiger partial charge in [0, 0.05) is 11.6 Å². The highest BCUT2D eigenvalue weighted by atomic mass is 16.5. The molecule has 1 aromatic carbocycles. The molecule has 0 saturated carbocycles. The van der Waals surface area contributed by atoms with Crippen molar-refractivity contribution >= 4 is 11.9 Å². The van der Waals surface area contributed by atoms with Crippen LogP contribution in [0.4, 0.5) is 0 Å². The number of aliphatic carboxylic acids is 1. The Kier molecular flexibility index (Phi) is 4.65. The number of carboxylic acid groups (broad SMARTS) is 1. The molecule has 0 aromatic heterocycles. The Bertz CT molecular complexity index is 656. The lowest BCUT2D eigenvalue weighted by Gasteiger charge is -2.25. The van der Waals surface area contributed by atoms with E-state index in [-0.39, 0.29) is 12.3 Å². The molecule has 2 rings (SSSR count). The maximum Gasteiger partial charge on any atom is 0.351 e. The molecule has 1 aliphatic rings. The topological polar surface area (TPSA) is 75.6 Å². The molecule has 0 unspecified atom stereocenters. The highest BCUT2D eigenvalue weighted by Crippen LogP contribution is 2.33. The van der Waals surface area contributed by atoms with Gasteiger partial charge in [-0.2, -0.15) is 0 Å². The number of aryl methyl sites for hydroxylation is 1. The number of ether oxygens (including phenoxy) is 1. The van der Waals surface area contributed by atoms with Gasteiger partial charge in [-0.1, -0.05) is 29.8 Å². The van der Waals surface area contributed by atoms with Crippen LogP contribution in [0, 0.1) is 6.92 Å². The number of carbonyl (C=O) groups is 2. The summed E-state index contributed by atoms with van der Waals surface area (Å²) in [4.78, 5) is 23.5. The van der Waals surface area contributed by atoms with E-state index in [1.54, 1.807) is 19.9 Å². The lowest BCUT2D eigenvalue weighted by Crippen LogP contribution is -2.29. The Morgan fingerprint density at radius 2 is 1.86 bits per heavy atom. The van der Waals surface area contributed by atoms with Crippen molar-refractivity contribution in [3.05, 3.63) is 58.4 Å². The van der Waals surface area contributed by atoms with Crippen molar-refractivity contribution in [2.75, 3.05) is 6.61 Å². The van der Waals surface area contributed by atoms with Gasteiger partial charge in [0.2, 0.25) is 0 Å². The van der Waals surface area contributed by atoms with Gasteiger partial charge in [0.15, 0.2) is 0 Å². The van der Waals surface area contributed by atoms with Crippen LogP contribution in [0.1, 0.15) is 30.9 Å². The Morgan fingerprint density at radius 1 is 1.23 bits per heavy atom. The SMILES string of the molecule is CCOC(=O)C1=C(C)NC(C(=O)O)=C[C@H]1c1ccc(C)cc1. The molecule has 0 fully saturated rings. The number of hydrogen-bond donors (Lipinski definition) is 2.